The SMILES string of the molecule is CC(=Cc1ccccc1)/C=N\NC(=O)COc1cc(C)ccc1C(C)C. The van der Waals surface area contributed by atoms with Crippen LogP contribution in [0.4, 0.5) is 0 Å². The third-order valence-corrected chi connectivity index (χ3v) is 3.80. The Bertz CT molecular complexity index is 793. The predicted molar refractivity (Wildman–Crippen MR) is 107 cm³/mol. The van der Waals surface area contributed by atoms with Crippen LogP contribution in [0, 0.1) is 6.92 Å². The minimum absolute atomic E-state index is 0.0675. The average molecular weight is 350 g/mol. The highest BCUT2D eigenvalue weighted by molar-refractivity contribution is 5.86. The van der Waals surface area contributed by atoms with Gasteiger partial charge in [0.2, 0.25) is 0 Å². The summed E-state index contributed by atoms with van der Waals surface area (Å²) < 4.78 is 5.69. The largest absolute Gasteiger partial charge is 0.483 e. The third-order valence-electron chi connectivity index (χ3n) is 3.80. The van der Waals surface area contributed by atoms with E-state index in [0.717, 1.165) is 28.0 Å². The summed E-state index contributed by atoms with van der Waals surface area (Å²) in [7, 11) is 0. The predicted octanol–water partition coefficient (Wildman–Crippen LogP) is 4.70. The molecule has 2 aromatic rings. The van der Waals surface area contributed by atoms with E-state index in [4.69, 9.17) is 4.74 Å². The maximum atomic E-state index is 12.0. The minimum atomic E-state index is -0.287. The van der Waals surface area contributed by atoms with Gasteiger partial charge in [0.15, 0.2) is 6.61 Å². The zero-order chi connectivity index (χ0) is 18.9. The van der Waals surface area contributed by atoms with Crippen LogP contribution >= 0.6 is 0 Å². The molecule has 136 valence electrons. The second-order valence-electron chi connectivity index (χ2n) is 6.58. The molecule has 0 saturated heterocycles. The third kappa shape index (κ3) is 6.20. The van der Waals surface area contributed by atoms with E-state index in [0.29, 0.717) is 5.92 Å². The number of aryl methyl sites for hydroxylation is 1. The Hall–Kier alpha value is -2.88. The molecule has 1 N–H and O–H groups in total. The lowest BCUT2D eigenvalue weighted by Crippen LogP contribution is -2.25. The van der Waals surface area contributed by atoms with Gasteiger partial charge in [-0.15, -0.1) is 0 Å². The van der Waals surface area contributed by atoms with Gasteiger partial charge in [-0.05, 0) is 48.1 Å². The lowest BCUT2D eigenvalue weighted by molar-refractivity contribution is -0.123. The summed E-state index contributed by atoms with van der Waals surface area (Å²) in [5, 5.41) is 3.98. The standard InChI is InChI=1S/C22H26N2O2/c1-16(2)20-11-10-17(3)13-21(20)26-15-22(25)24-23-14-18(4)12-19-8-6-5-7-9-19/h5-14,16H,15H2,1-4H3,(H,24,25)/b18-12?,23-14-. The van der Waals surface area contributed by atoms with Gasteiger partial charge in [0, 0.05) is 0 Å². The molecule has 0 aliphatic heterocycles. The lowest BCUT2D eigenvalue weighted by atomic mass is 10.0. The van der Waals surface area contributed by atoms with Crippen molar-refractivity contribution >= 4 is 18.2 Å². The highest BCUT2D eigenvalue weighted by atomic mass is 16.5. The van der Waals surface area contributed by atoms with Crippen LogP contribution in [0.15, 0.2) is 59.2 Å². The van der Waals surface area contributed by atoms with E-state index in [2.05, 4.69) is 30.4 Å². The molecule has 0 aliphatic rings. The summed E-state index contributed by atoms with van der Waals surface area (Å²) in [6, 6.07) is 16.0. The van der Waals surface area contributed by atoms with E-state index >= 15 is 0 Å². The quantitative estimate of drug-likeness (QED) is 0.581. The molecule has 0 fully saturated rings. The second kappa shape index (κ2) is 9.56. The summed E-state index contributed by atoms with van der Waals surface area (Å²) in [6.07, 6.45) is 3.62. The Morgan fingerprint density at radius 2 is 1.92 bits per heavy atom. The number of allylic oxidation sites excluding steroid dienone is 1. The van der Waals surface area contributed by atoms with Gasteiger partial charge in [-0.25, -0.2) is 5.43 Å². The number of amides is 1. The molecule has 0 aromatic heterocycles. The Kier molecular flexibility index (Phi) is 7.15. The molecule has 0 saturated carbocycles. The first kappa shape index (κ1) is 19.4. The van der Waals surface area contributed by atoms with E-state index < -0.39 is 0 Å². The molecule has 2 aromatic carbocycles. The number of rotatable bonds is 7. The van der Waals surface area contributed by atoms with Crippen LogP contribution in [0.3, 0.4) is 0 Å². The number of nitrogens with one attached hydrogen (secondary N) is 1. The fourth-order valence-electron chi connectivity index (χ4n) is 2.47. The molecule has 26 heavy (non-hydrogen) atoms. The molecule has 4 nitrogen and oxygen atoms in total. The number of carbonyl (C=O) groups is 1. The molecule has 0 unspecified atom stereocenters. The number of nitrogens with zero attached hydrogens (tertiary/aromatic N) is 1. The highest BCUT2D eigenvalue weighted by Crippen LogP contribution is 2.27. The topological polar surface area (TPSA) is 50.7 Å². The van der Waals surface area contributed by atoms with Crippen molar-refractivity contribution in [3.8, 4) is 5.75 Å². The van der Waals surface area contributed by atoms with Crippen molar-refractivity contribution in [1.82, 2.24) is 5.43 Å². The van der Waals surface area contributed by atoms with Crippen molar-refractivity contribution < 1.29 is 9.53 Å². The van der Waals surface area contributed by atoms with Gasteiger partial charge in [0.25, 0.3) is 5.91 Å². The lowest BCUT2D eigenvalue weighted by Gasteiger charge is -2.14. The first-order valence-corrected chi connectivity index (χ1v) is 8.74. The molecule has 1 amide bonds. The smallest absolute Gasteiger partial charge is 0.277 e. The monoisotopic (exact) mass is 350 g/mol. The van der Waals surface area contributed by atoms with E-state index in [1.165, 1.54) is 0 Å². The van der Waals surface area contributed by atoms with Gasteiger partial charge >= 0.3 is 0 Å². The van der Waals surface area contributed by atoms with E-state index in [1.54, 1.807) is 6.21 Å². The van der Waals surface area contributed by atoms with Crippen LogP contribution in [0.5, 0.6) is 5.75 Å². The fourth-order valence-corrected chi connectivity index (χ4v) is 2.47. The van der Waals surface area contributed by atoms with Crippen molar-refractivity contribution in [2.45, 2.75) is 33.6 Å². The summed E-state index contributed by atoms with van der Waals surface area (Å²) in [5.41, 5.74) is 6.72. The first-order chi connectivity index (χ1) is 12.5. The highest BCUT2D eigenvalue weighted by Gasteiger charge is 2.09. The second-order valence-corrected chi connectivity index (χ2v) is 6.58. The molecule has 0 heterocycles. The van der Waals surface area contributed by atoms with Gasteiger partial charge in [-0.3, -0.25) is 4.79 Å². The molecule has 2 rings (SSSR count). The first-order valence-electron chi connectivity index (χ1n) is 8.74. The number of ether oxygens (including phenoxy) is 1. The molecule has 0 aliphatic carbocycles. The van der Waals surface area contributed by atoms with Crippen LogP contribution in [0.2, 0.25) is 0 Å². The summed E-state index contributed by atoms with van der Waals surface area (Å²) in [4.78, 5) is 12.0. The molecule has 0 bridgehead atoms. The fraction of sp³-hybridized carbons (Fsp3) is 0.273. The van der Waals surface area contributed by atoms with Crippen molar-refractivity contribution in [3.05, 3.63) is 70.8 Å². The zero-order valence-corrected chi connectivity index (χ0v) is 15.8. The molecule has 4 heteroatoms. The van der Waals surface area contributed by atoms with Gasteiger partial charge in [-0.1, -0.05) is 62.4 Å². The van der Waals surface area contributed by atoms with Crippen LogP contribution in [-0.4, -0.2) is 18.7 Å². The van der Waals surface area contributed by atoms with E-state index in [1.807, 2.05) is 62.4 Å². The maximum Gasteiger partial charge on any atom is 0.277 e. The number of carbonyl (C=O) groups excluding carboxylic acids is 1. The summed E-state index contributed by atoms with van der Waals surface area (Å²) in [5.74, 6) is 0.793. The van der Waals surface area contributed by atoms with Crippen molar-refractivity contribution in [1.29, 1.82) is 0 Å². The van der Waals surface area contributed by atoms with Crippen LogP contribution in [-0.2, 0) is 4.79 Å². The molecule has 0 radical (unpaired) electrons. The van der Waals surface area contributed by atoms with Crippen molar-refractivity contribution in [3.63, 3.8) is 0 Å². The Morgan fingerprint density at radius 1 is 1.19 bits per heavy atom. The summed E-state index contributed by atoms with van der Waals surface area (Å²) >= 11 is 0. The number of benzene rings is 2. The minimum Gasteiger partial charge on any atom is -0.483 e. The number of hydrazone groups is 1. The summed E-state index contributed by atoms with van der Waals surface area (Å²) in [6.45, 7) is 8.07. The Labute approximate surface area is 155 Å². The number of hydrogen-bond donors (Lipinski definition) is 1. The average Bonchev–Trinajstić information content (AvgIpc) is 2.60. The van der Waals surface area contributed by atoms with Crippen molar-refractivity contribution in [2.75, 3.05) is 6.61 Å². The van der Waals surface area contributed by atoms with E-state index in [-0.39, 0.29) is 12.5 Å². The van der Waals surface area contributed by atoms with Crippen LogP contribution in [0.25, 0.3) is 6.08 Å². The van der Waals surface area contributed by atoms with E-state index in [9.17, 15) is 4.79 Å². The molecule has 0 spiro atoms. The van der Waals surface area contributed by atoms with Gasteiger partial charge in [0.05, 0.1) is 6.21 Å². The number of hydrogen-bond acceptors (Lipinski definition) is 3. The van der Waals surface area contributed by atoms with Gasteiger partial charge in [0.1, 0.15) is 5.75 Å². The van der Waals surface area contributed by atoms with Crippen LogP contribution in [0.1, 0.15) is 43.4 Å². The molecular formula is C22H26N2O2. The van der Waals surface area contributed by atoms with Gasteiger partial charge < -0.3 is 4.74 Å². The molecule has 0 atom stereocenters. The normalized spacial score (nSPS) is 11.8. The van der Waals surface area contributed by atoms with Gasteiger partial charge in [-0.2, -0.15) is 5.10 Å². The Morgan fingerprint density at radius 3 is 2.62 bits per heavy atom. The van der Waals surface area contributed by atoms with Crippen molar-refractivity contribution in [2.24, 2.45) is 5.10 Å². The van der Waals surface area contributed by atoms with Crippen LogP contribution < -0.4 is 10.2 Å². The zero-order valence-electron chi connectivity index (χ0n) is 15.8. The maximum absolute atomic E-state index is 12.0. The molecular weight excluding hydrogens is 324 g/mol. The Balaban J connectivity index is 1.88.